The molecule has 0 saturated heterocycles. The molecule has 0 heterocycles. The average molecular weight is 226 g/mol. The molecule has 1 aromatic rings. The van der Waals surface area contributed by atoms with Gasteiger partial charge in [0.1, 0.15) is 5.82 Å². The minimum Gasteiger partial charge on any atom is -0.466 e. The Kier molecular flexibility index (Phi) is 5.50. The fourth-order valence-corrected chi connectivity index (χ4v) is 1.22. The molecule has 4 heteroatoms. The first-order valence-electron chi connectivity index (χ1n) is 5.23. The van der Waals surface area contributed by atoms with E-state index in [4.69, 9.17) is 9.84 Å². The van der Waals surface area contributed by atoms with Gasteiger partial charge in [0.2, 0.25) is 0 Å². The van der Waals surface area contributed by atoms with Gasteiger partial charge in [-0.05, 0) is 24.1 Å². The van der Waals surface area contributed by atoms with E-state index in [1.165, 1.54) is 12.1 Å². The molecular formula is C12H15FO3. The molecule has 0 radical (unpaired) electrons. The van der Waals surface area contributed by atoms with Crippen molar-refractivity contribution in [2.75, 3.05) is 13.2 Å². The lowest BCUT2D eigenvalue weighted by molar-refractivity contribution is -0.143. The summed E-state index contributed by atoms with van der Waals surface area (Å²) in [5.41, 5.74) is 0.903. The Labute approximate surface area is 93.9 Å². The number of hydrogen-bond acceptors (Lipinski definition) is 3. The number of aryl methyl sites for hydroxylation is 1. The molecule has 0 amide bonds. The molecule has 0 unspecified atom stereocenters. The van der Waals surface area contributed by atoms with Crippen LogP contribution in [0.15, 0.2) is 24.3 Å². The van der Waals surface area contributed by atoms with Gasteiger partial charge in [0.05, 0.1) is 6.61 Å². The van der Waals surface area contributed by atoms with Crippen LogP contribution in [0.25, 0.3) is 0 Å². The van der Waals surface area contributed by atoms with Gasteiger partial charge < -0.3 is 9.84 Å². The zero-order valence-corrected chi connectivity index (χ0v) is 8.99. The van der Waals surface area contributed by atoms with Crippen molar-refractivity contribution in [1.29, 1.82) is 0 Å². The molecule has 0 aliphatic carbocycles. The van der Waals surface area contributed by atoms with Gasteiger partial charge in [-0.15, -0.1) is 0 Å². The molecule has 0 atom stereocenters. The summed E-state index contributed by atoms with van der Waals surface area (Å²) in [7, 11) is 0. The standard InChI is InChI=1S/C12H15FO3/c13-11-5-2-10(3-6-11)4-7-12(15)16-9-1-8-14/h2-3,5-6,14H,1,4,7-9H2. The van der Waals surface area contributed by atoms with Crippen LogP contribution in [-0.2, 0) is 16.0 Å². The molecule has 3 nitrogen and oxygen atoms in total. The van der Waals surface area contributed by atoms with Crippen molar-refractivity contribution in [3.63, 3.8) is 0 Å². The minimum absolute atomic E-state index is 0.0191. The Morgan fingerprint density at radius 2 is 2.00 bits per heavy atom. The topological polar surface area (TPSA) is 46.5 Å². The van der Waals surface area contributed by atoms with Gasteiger partial charge in [-0.1, -0.05) is 12.1 Å². The van der Waals surface area contributed by atoms with Crippen LogP contribution < -0.4 is 0 Å². The first kappa shape index (κ1) is 12.6. The average Bonchev–Trinajstić information content (AvgIpc) is 2.29. The maximum Gasteiger partial charge on any atom is 0.306 e. The fraction of sp³-hybridized carbons (Fsp3) is 0.417. The number of carbonyl (C=O) groups is 1. The summed E-state index contributed by atoms with van der Waals surface area (Å²) in [6.45, 7) is 0.268. The predicted octanol–water partition coefficient (Wildman–Crippen LogP) is 1.68. The Morgan fingerprint density at radius 1 is 1.31 bits per heavy atom. The van der Waals surface area contributed by atoms with Crippen molar-refractivity contribution >= 4 is 5.97 Å². The molecular weight excluding hydrogens is 211 g/mol. The second-order valence-corrected chi connectivity index (χ2v) is 3.42. The van der Waals surface area contributed by atoms with Crippen molar-refractivity contribution in [2.24, 2.45) is 0 Å². The summed E-state index contributed by atoms with van der Waals surface area (Å²) in [5.74, 6) is -0.577. The van der Waals surface area contributed by atoms with Gasteiger partial charge in [-0.2, -0.15) is 0 Å². The number of hydrogen-bond donors (Lipinski definition) is 1. The number of ether oxygens (including phenoxy) is 1. The van der Waals surface area contributed by atoms with E-state index < -0.39 is 0 Å². The molecule has 0 aliphatic rings. The summed E-state index contributed by atoms with van der Waals surface area (Å²) >= 11 is 0. The van der Waals surface area contributed by atoms with Gasteiger partial charge in [-0.3, -0.25) is 4.79 Å². The molecule has 16 heavy (non-hydrogen) atoms. The molecule has 1 N–H and O–H groups in total. The third-order valence-corrected chi connectivity index (χ3v) is 2.10. The number of aliphatic hydroxyl groups is 1. The number of halogens is 1. The van der Waals surface area contributed by atoms with Crippen LogP contribution in [-0.4, -0.2) is 24.3 Å². The second-order valence-electron chi connectivity index (χ2n) is 3.42. The lowest BCUT2D eigenvalue weighted by atomic mass is 10.1. The van der Waals surface area contributed by atoms with Crippen LogP contribution in [0.4, 0.5) is 4.39 Å². The maximum absolute atomic E-state index is 12.6. The van der Waals surface area contributed by atoms with Crippen molar-refractivity contribution in [2.45, 2.75) is 19.3 Å². The van der Waals surface area contributed by atoms with Crippen LogP contribution in [0.2, 0.25) is 0 Å². The normalized spacial score (nSPS) is 10.1. The number of rotatable bonds is 6. The third kappa shape index (κ3) is 4.89. The summed E-state index contributed by atoms with van der Waals surface area (Å²) in [6, 6.07) is 6.03. The Bertz CT molecular complexity index is 322. The van der Waals surface area contributed by atoms with Gasteiger partial charge in [-0.25, -0.2) is 4.39 Å². The molecule has 0 saturated carbocycles. The fourth-order valence-electron chi connectivity index (χ4n) is 1.22. The molecule has 0 spiro atoms. The number of carbonyl (C=O) groups excluding carboxylic acids is 1. The van der Waals surface area contributed by atoms with Crippen LogP contribution in [0, 0.1) is 5.82 Å². The van der Waals surface area contributed by atoms with E-state index in [0.717, 1.165) is 5.56 Å². The highest BCUT2D eigenvalue weighted by atomic mass is 19.1. The smallest absolute Gasteiger partial charge is 0.306 e. The highest BCUT2D eigenvalue weighted by molar-refractivity contribution is 5.69. The maximum atomic E-state index is 12.6. The number of esters is 1. The highest BCUT2D eigenvalue weighted by Crippen LogP contribution is 2.06. The number of aliphatic hydroxyl groups excluding tert-OH is 1. The third-order valence-electron chi connectivity index (χ3n) is 2.10. The molecule has 1 rings (SSSR count). The number of benzene rings is 1. The van der Waals surface area contributed by atoms with Crippen molar-refractivity contribution in [3.8, 4) is 0 Å². The highest BCUT2D eigenvalue weighted by Gasteiger charge is 2.03. The zero-order chi connectivity index (χ0) is 11.8. The Morgan fingerprint density at radius 3 is 2.62 bits per heavy atom. The van der Waals surface area contributed by atoms with E-state index in [0.29, 0.717) is 12.8 Å². The van der Waals surface area contributed by atoms with Crippen LogP contribution in [0.5, 0.6) is 0 Å². The summed E-state index contributed by atoms with van der Waals surface area (Å²) < 4.78 is 17.4. The van der Waals surface area contributed by atoms with Crippen molar-refractivity contribution in [3.05, 3.63) is 35.6 Å². The van der Waals surface area contributed by atoms with E-state index in [1.807, 2.05) is 0 Å². The van der Waals surface area contributed by atoms with Gasteiger partial charge in [0.25, 0.3) is 0 Å². The van der Waals surface area contributed by atoms with Crippen LogP contribution >= 0.6 is 0 Å². The summed E-state index contributed by atoms with van der Waals surface area (Å²) in [5, 5.41) is 8.49. The molecule has 0 bridgehead atoms. The SMILES string of the molecule is O=C(CCc1ccc(F)cc1)OCCCO. The molecule has 88 valence electrons. The largest absolute Gasteiger partial charge is 0.466 e. The lowest BCUT2D eigenvalue weighted by Gasteiger charge is -2.03. The summed E-state index contributed by atoms with van der Waals surface area (Å²) in [4.78, 5) is 11.2. The van der Waals surface area contributed by atoms with E-state index in [2.05, 4.69) is 0 Å². The first-order chi connectivity index (χ1) is 7.72. The lowest BCUT2D eigenvalue weighted by Crippen LogP contribution is -2.07. The molecule has 0 aliphatic heterocycles. The van der Waals surface area contributed by atoms with Gasteiger partial charge in [0, 0.05) is 19.4 Å². The Balaban J connectivity index is 2.23. The Hall–Kier alpha value is -1.42. The summed E-state index contributed by atoms with van der Waals surface area (Å²) in [6.07, 6.45) is 1.28. The molecule has 1 aromatic carbocycles. The monoisotopic (exact) mass is 226 g/mol. The predicted molar refractivity (Wildman–Crippen MR) is 57.4 cm³/mol. The minimum atomic E-state index is -0.294. The molecule has 0 fully saturated rings. The van der Waals surface area contributed by atoms with Crippen molar-refractivity contribution < 1.29 is 19.0 Å². The van der Waals surface area contributed by atoms with Gasteiger partial charge in [0.15, 0.2) is 0 Å². The van der Waals surface area contributed by atoms with E-state index in [-0.39, 0.29) is 31.4 Å². The first-order valence-corrected chi connectivity index (χ1v) is 5.23. The van der Waals surface area contributed by atoms with Crippen LogP contribution in [0.3, 0.4) is 0 Å². The van der Waals surface area contributed by atoms with E-state index in [9.17, 15) is 9.18 Å². The van der Waals surface area contributed by atoms with E-state index in [1.54, 1.807) is 12.1 Å². The zero-order valence-electron chi connectivity index (χ0n) is 8.99. The quantitative estimate of drug-likeness (QED) is 0.593. The van der Waals surface area contributed by atoms with Gasteiger partial charge >= 0.3 is 5.97 Å². The van der Waals surface area contributed by atoms with Crippen LogP contribution in [0.1, 0.15) is 18.4 Å². The van der Waals surface area contributed by atoms with Crippen molar-refractivity contribution in [1.82, 2.24) is 0 Å². The van der Waals surface area contributed by atoms with E-state index >= 15 is 0 Å². The second kappa shape index (κ2) is 6.95. The molecule has 0 aromatic heterocycles.